The molecule has 0 aliphatic heterocycles. The van der Waals surface area contributed by atoms with E-state index in [1.165, 1.54) is 16.8 Å². The van der Waals surface area contributed by atoms with E-state index in [1.54, 1.807) is 18.3 Å². The summed E-state index contributed by atoms with van der Waals surface area (Å²) < 4.78 is 14.1. The molecule has 0 aliphatic carbocycles. The van der Waals surface area contributed by atoms with Crippen LogP contribution in [0.3, 0.4) is 0 Å². The quantitative estimate of drug-likeness (QED) is 0.501. The minimum atomic E-state index is -0.282. The highest BCUT2D eigenvalue weighted by atomic mass is 19.1. The fraction of sp³-hybridized carbons (Fsp3) is 0. The van der Waals surface area contributed by atoms with Gasteiger partial charge in [0.2, 0.25) is 0 Å². The Morgan fingerprint density at radius 2 is 2.30 bits per heavy atom. The highest BCUT2D eigenvalue weighted by Crippen LogP contribution is 2.03. The second-order valence-corrected chi connectivity index (χ2v) is 2.04. The van der Waals surface area contributed by atoms with Gasteiger partial charge >= 0.3 is 0 Å². The first-order valence-corrected chi connectivity index (χ1v) is 2.94. The summed E-state index contributed by atoms with van der Waals surface area (Å²) >= 11 is 0. The van der Waals surface area contributed by atoms with Gasteiger partial charge in [-0.3, -0.25) is 4.40 Å². The molecule has 0 atom stereocenters. The van der Waals surface area contributed by atoms with Crippen LogP contribution in [-0.2, 0) is 0 Å². The zero-order valence-corrected chi connectivity index (χ0v) is 5.16. The Hall–Kier alpha value is -1.38. The summed E-state index contributed by atoms with van der Waals surface area (Å²) in [5, 5.41) is 0. The molecule has 0 unspecified atom stereocenters. The molecular weight excluding hydrogens is 131 g/mol. The summed E-state index contributed by atoms with van der Waals surface area (Å²) in [7, 11) is 0. The van der Waals surface area contributed by atoms with Crippen LogP contribution in [-0.4, -0.2) is 9.38 Å². The predicted molar refractivity (Wildman–Crippen MR) is 35.2 cm³/mol. The van der Waals surface area contributed by atoms with Gasteiger partial charge in [-0.1, -0.05) is 6.07 Å². The van der Waals surface area contributed by atoms with Crippen molar-refractivity contribution in [3.63, 3.8) is 0 Å². The third-order valence-electron chi connectivity index (χ3n) is 1.40. The van der Waals surface area contributed by atoms with Gasteiger partial charge in [0.15, 0.2) is 5.95 Å². The molecular formula is C7H5FN2. The van der Waals surface area contributed by atoms with E-state index in [-0.39, 0.29) is 5.95 Å². The van der Waals surface area contributed by atoms with Crippen molar-refractivity contribution in [2.45, 2.75) is 0 Å². The summed E-state index contributed by atoms with van der Waals surface area (Å²) in [5.41, 5.74) is 0.778. The van der Waals surface area contributed by atoms with Crippen molar-refractivity contribution in [2.75, 3.05) is 0 Å². The minimum Gasteiger partial charge on any atom is -0.275 e. The van der Waals surface area contributed by atoms with Gasteiger partial charge in [-0.05, 0) is 12.1 Å². The lowest BCUT2D eigenvalue weighted by atomic mass is 10.4. The Labute approximate surface area is 56.9 Å². The number of rotatable bonds is 0. The fourth-order valence-corrected chi connectivity index (χ4v) is 0.913. The molecule has 50 valence electrons. The molecule has 0 N–H and O–H groups in total. The molecule has 0 spiro atoms. The highest BCUT2D eigenvalue weighted by molar-refractivity contribution is 5.43. The van der Waals surface area contributed by atoms with Gasteiger partial charge in [0.05, 0.1) is 11.7 Å². The molecule has 2 rings (SSSR count). The Bertz CT molecular complexity index is 353. The van der Waals surface area contributed by atoms with Crippen molar-refractivity contribution in [1.82, 2.24) is 9.38 Å². The molecule has 2 heterocycles. The van der Waals surface area contributed by atoms with Gasteiger partial charge in [-0.25, -0.2) is 4.98 Å². The second-order valence-electron chi connectivity index (χ2n) is 2.04. The molecule has 0 saturated carbocycles. The summed E-state index contributed by atoms with van der Waals surface area (Å²) in [6.45, 7) is 0. The van der Waals surface area contributed by atoms with Crippen molar-refractivity contribution in [2.24, 2.45) is 0 Å². The van der Waals surface area contributed by atoms with Crippen molar-refractivity contribution in [1.29, 1.82) is 0 Å². The van der Waals surface area contributed by atoms with Crippen LogP contribution in [0.25, 0.3) is 5.52 Å². The molecule has 0 aromatic carbocycles. The maximum atomic E-state index is 12.7. The Balaban J connectivity index is 2.95. The molecule has 0 saturated heterocycles. The van der Waals surface area contributed by atoms with Crippen LogP contribution >= 0.6 is 0 Å². The van der Waals surface area contributed by atoms with Crippen LogP contribution < -0.4 is 0 Å². The number of hydrogen-bond acceptors (Lipinski definition) is 1. The maximum absolute atomic E-state index is 12.7. The SMILES string of the molecule is Fc1cccc2cncn12. The van der Waals surface area contributed by atoms with Crippen LogP contribution in [0.2, 0.25) is 0 Å². The molecule has 2 aromatic heterocycles. The van der Waals surface area contributed by atoms with Gasteiger partial charge in [0.25, 0.3) is 0 Å². The van der Waals surface area contributed by atoms with E-state index in [2.05, 4.69) is 4.98 Å². The lowest BCUT2D eigenvalue weighted by Gasteiger charge is -1.91. The number of halogens is 1. The average molecular weight is 136 g/mol. The monoisotopic (exact) mass is 136 g/mol. The summed E-state index contributed by atoms with van der Waals surface area (Å²) in [6.07, 6.45) is 3.06. The van der Waals surface area contributed by atoms with Crippen LogP contribution in [0, 0.1) is 5.95 Å². The molecule has 2 aromatic rings. The van der Waals surface area contributed by atoms with Crippen molar-refractivity contribution in [3.8, 4) is 0 Å². The van der Waals surface area contributed by atoms with Crippen molar-refractivity contribution < 1.29 is 4.39 Å². The van der Waals surface area contributed by atoms with E-state index in [9.17, 15) is 4.39 Å². The molecule has 0 aliphatic rings. The Morgan fingerprint density at radius 3 is 3.10 bits per heavy atom. The van der Waals surface area contributed by atoms with Gasteiger partial charge in [0.1, 0.15) is 6.33 Å². The smallest absolute Gasteiger partial charge is 0.199 e. The van der Waals surface area contributed by atoms with Gasteiger partial charge in [-0.15, -0.1) is 0 Å². The van der Waals surface area contributed by atoms with Crippen molar-refractivity contribution in [3.05, 3.63) is 36.7 Å². The van der Waals surface area contributed by atoms with Gasteiger partial charge < -0.3 is 0 Å². The zero-order valence-electron chi connectivity index (χ0n) is 5.16. The first-order chi connectivity index (χ1) is 4.88. The first-order valence-electron chi connectivity index (χ1n) is 2.94. The number of fused-ring (bicyclic) bond motifs is 1. The van der Waals surface area contributed by atoms with Gasteiger partial charge in [-0.2, -0.15) is 4.39 Å². The molecule has 10 heavy (non-hydrogen) atoms. The fourth-order valence-electron chi connectivity index (χ4n) is 0.913. The molecule has 2 nitrogen and oxygen atoms in total. The van der Waals surface area contributed by atoms with Crippen LogP contribution in [0.4, 0.5) is 4.39 Å². The maximum Gasteiger partial charge on any atom is 0.199 e. The van der Waals surface area contributed by atoms with E-state index < -0.39 is 0 Å². The predicted octanol–water partition coefficient (Wildman–Crippen LogP) is 1.47. The topological polar surface area (TPSA) is 17.3 Å². The zero-order chi connectivity index (χ0) is 6.97. The normalized spacial score (nSPS) is 10.5. The molecule has 0 fully saturated rings. The summed E-state index contributed by atoms with van der Waals surface area (Å²) in [6, 6.07) is 4.86. The molecule has 0 amide bonds. The summed E-state index contributed by atoms with van der Waals surface area (Å²) in [5.74, 6) is -0.282. The summed E-state index contributed by atoms with van der Waals surface area (Å²) in [4.78, 5) is 3.79. The Morgan fingerprint density at radius 1 is 1.40 bits per heavy atom. The third kappa shape index (κ3) is 0.603. The van der Waals surface area contributed by atoms with E-state index in [0.717, 1.165) is 5.52 Å². The number of nitrogens with zero attached hydrogens (tertiary/aromatic N) is 2. The van der Waals surface area contributed by atoms with E-state index in [1.807, 2.05) is 0 Å². The third-order valence-corrected chi connectivity index (χ3v) is 1.40. The standard InChI is InChI=1S/C7H5FN2/c8-7-3-1-2-6-4-9-5-10(6)7/h1-5H. The molecule has 3 heteroatoms. The number of hydrogen-bond donors (Lipinski definition) is 0. The number of imidazole rings is 1. The van der Waals surface area contributed by atoms with Crippen LogP contribution in [0.5, 0.6) is 0 Å². The van der Waals surface area contributed by atoms with Crippen molar-refractivity contribution >= 4 is 5.52 Å². The first kappa shape index (κ1) is 5.41. The van der Waals surface area contributed by atoms with Crippen LogP contribution in [0.1, 0.15) is 0 Å². The number of aromatic nitrogens is 2. The Kier molecular flexibility index (Phi) is 0.974. The second kappa shape index (κ2) is 1.80. The largest absolute Gasteiger partial charge is 0.275 e. The lowest BCUT2D eigenvalue weighted by Crippen LogP contribution is -1.87. The highest BCUT2D eigenvalue weighted by Gasteiger charge is 1.95. The minimum absolute atomic E-state index is 0.282. The van der Waals surface area contributed by atoms with Crippen LogP contribution in [0.15, 0.2) is 30.7 Å². The molecule has 0 bridgehead atoms. The number of pyridine rings is 1. The van der Waals surface area contributed by atoms with Gasteiger partial charge in [0, 0.05) is 0 Å². The van der Waals surface area contributed by atoms with E-state index >= 15 is 0 Å². The lowest BCUT2D eigenvalue weighted by molar-refractivity contribution is 0.567. The van der Waals surface area contributed by atoms with E-state index in [0.29, 0.717) is 0 Å². The molecule has 0 radical (unpaired) electrons. The van der Waals surface area contributed by atoms with E-state index in [4.69, 9.17) is 0 Å². The average Bonchev–Trinajstić information content (AvgIpc) is 2.36.